The van der Waals surface area contributed by atoms with E-state index in [0.717, 1.165) is 18.4 Å². The molecule has 3 aliphatic rings. The monoisotopic (exact) mass is 653 g/mol. The van der Waals surface area contributed by atoms with Crippen LogP contribution >= 0.6 is 0 Å². The Labute approximate surface area is 277 Å². The summed E-state index contributed by atoms with van der Waals surface area (Å²) < 4.78 is 5.43. The van der Waals surface area contributed by atoms with Crippen molar-refractivity contribution in [1.82, 2.24) is 26.2 Å². The highest BCUT2D eigenvalue weighted by molar-refractivity contribution is 6.38. The lowest BCUT2D eigenvalue weighted by atomic mass is 9.85. The summed E-state index contributed by atoms with van der Waals surface area (Å²) in [4.78, 5) is 81.0. The number of Topliss-reactive ketones (excluding diaryl/α,β-unsaturated/α-hetero) is 1. The predicted molar refractivity (Wildman–Crippen MR) is 174 cm³/mol. The first-order valence-electron chi connectivity index (χ1n) is 16.5. The van der Waals surface area contributed by atoms with Crippen molar-refractivity contribution in [2.24, 2.45) is 28.6 Å². The lowest BCUT2D eigenvalue weighted by molar-refractivity contribution is -0.145. The van der Waals surface area contributed by atoms with Crippen LogP contribution in [-0.4, -0.2) is 77.2 Å². The van der Waals surface area contributed by atoms with Gasteiger partial charge in [-0.25, -0.2) is 4.79 Å². The molecule has 1 aromatic rings. The Hall–Kier alpha value is -3.96. The quantitative estimate of drug-likeness (QED) is 0.252. The number of ether oxygens (including phenoxy) is 1. The van der Waals surface area contributed by atoms with Crippen LogP contribution in [0.3, 0.4) is 0 Å². The van der Waals surface area contributed by atoms with Crippen LogP contribution in [0.1, 0.15) is 80.2 Å². The van der Waals surface area contributed by atoms with Gasteiger partial charge in [0.25, 0.3) is 5.91 Å². The van der Waals surface area contributed by atoms with Gasteiger partial charge in [-0.3, -0.25) is 24.0 Å². The summed E-state index contributed by atoms with van der Waals surface area (Å²) in [6.07, 6.45) is 1.34. The number of rotatable bonds is 12. The van der Waals surface area contributed by atoms with Gasteiger partial charge in [0.2, 0.25) is 23.5 Å². The van der Waals surface area contributed by atoms with Gasteiger partial charge in [-0.05, 0) is 61.3 Å². The first-order valence-corrected chi connectivity index (χ1v) is 16.5. The largest absolute Gasteiger partial charge is 0.444 e. The highest BCUT2D eigenvalue weighted by Crippen LogP contribution is 2.65. The molecule has 2 saturated carbocycles. The zero-order valence-corrected chi connectivity index (χ0v) is 28.9. The lowest BCUT2D eigenvalue weighted by Gasteiger charge is -2.38. The molecule has 47 heavy (non-hydrogen) atoms. The average Bonchev–Trinajstić information content (AvgIpc) is 3.83. The number of carbonyl (C=O) groups is 6. The molecule has 258 valence electrons. The van der Waals surface area contributed by atoms with Gasteiger partial charge in [-0.2, -0.15) is 0 Å². The maximum absolute atomic E-state index is 14.1. The minimum atomic E-state index is -1.10. The maximum atomic E-state index is 14.1. The van der Waals surface area contributed by atoms with E-state index in [-0.39, 0.29) is 36.3 Å². The Balaban J connectivity index is 1.44. The molecule has 2 aliphatic carbocycles. The van der Waals surface area contributed by atoms with E-state index in [1.807, 2.05) is 65.0 Å². The fraction of sp³-hybridized carbons (Fsp3) is 0.657. The van der Waals surface area contributed by atoms with Gasteiger partial charge in [0.1, 0.15) is 17.7 Å². The highest BCUT2D eigenvalue weighted by atomic mass is 16.6. The average molecular weight is 654 g/mol. The van der Waals surface area contributed by atoms with E-state index in [9.17, 15) is 28.8 Å². The van der Waals surface area contributed by atoms with Gasteiger partial charge in [-0.1, -0.05) is 77.8 Å². The second-order valence-electron chi connectivity index (χ2n) is 15.9. The third-order valence-electron chi connectivity index (χ3n) is 9.40. The van der Waals surface area contributed by atoms with Crippen molar-refractivity contribution in [1.29, 1.82) is 0 Å². The van der Waals surface area contributed by atoms with Crippen LogP contribution in [0.25, 0.3) is 0 Å². The molecule has 1 aromatic carbocycles. The Morgan fingerprint density at radius 2 is 1.57 bits per heavy atom. The molecule has 5 atom stereocenters. The van der Waals surface area contributed by atoms with Crippen LogP contribution in [0, 0.1) is 28.6 Å². The number of hydrogen-bond donors (Lipinski definition) is 4. The predicted octanol–water partition coefficient (Wildman–Crippen LogP) is 2.70. The van der Waals surface area contributed by atoms with Crippen molar-refractivity contribution in [2.75, 3.05) is 13.1 Å². The summed E-state index contributed by atoms with van der Waals surface area (Å²) in [6, 6.07) is 6.34. The Morgan fingerprint density at radius 1 is 0.936 bits per heavy atom. The highest BCUT2D eigenvalue weighted by Gasteiger charge is 2.70. The zero-order valence-electron chi connectivity index (χ0n) is 28.9. The number of nitrogens with zero attached hydrogens (tertiary/aromatic N) is 1. The van der Waals surface area contributed by atoms with Gasteiger partial charge in [0.15, 0.2) is 0 Å². The SMILES string of the molecule is CC(C)(C)OC(=O)N[C@H](C(=O)N1CC2[C@@H]([C@H]1C(=O)NC(CC1CC1)C(=O)C(=O)NCC(=O)NCc1ccccc1)C2(C)C)C(C)(C)C. The van der Waals surface area contributed by atoms with E-state index in [2.05, 4.69) is 21.3 Å². The van der Waals surface area contributed by atoms with Gasteiger partial charge in [0, 0.05) is 13.1 Å². The Kier molecular flexibility index (Phi) is 10.4. The smallest absolute Gasteiger partial charge is 0.408 e. The van der Waals surface area contributed by atoms with E-state index in [1.165, 1.54) is 4.90 Å². The third kappa shape index (κ3) is 9.10. The van der Waals surface area contributed by atoms with Crippen molar-refractivity contribution in [3.05, 3.63) is 35.9 Å². The molecule has 12 nitrogen and oxygen atoms in total. The van der Waals surface area contributed by atoms with Crippen molar-refractivity contribution in [3.63, 3.8) is 0 Å². The van der Waals surface area contributed by atoms with Crippen LogP contribution in [-0.2, 0) is 35.3 Å². The van der Waals surface area contributed by atoms with Crippen LogP contribution in [0.4, 0.5) is 4.79 Å². The molecule has 5 amide bonds. The fourth-order valence-corrected chi connectivity index (χ4v) is 6.49. The van der Waals surface area contributed by atoms with Gasteiger partial charge in [0.05, 0.1) is 12.6 Å². The van der Waals surface area contributed by atoms with Crippen molar-refractivity contribution < 1.29 is 33.5 Å². The van der Waals surface area contributed by atoms with E-state index < -0.39 is 64.6 Å². The van der Waals surface area contributed by atoms with E-state index in [1.54, 1.807) is 20.8 Å². The van der Waals surface area contributed by atoms with Gasteiger partial charge >= 0.3 is 6.09 Å². The molecule has 2 unspecified atom stereocenters. The number of piperidine rings is 1. The van der Waals surface area contributed by atoms with Crippen LogP contribution < -0.4 is 21.3 Å². The molecule has 1 heterocycles. The summed E-state index contributed by atoms with van der Waals surface area (Å²) in [5.41, 5.74) is -0.772. The molecule has 4 N–H and O–H groups in total. The summed E-state index contributed by atoms with van der Waals surface area (Å²) in [6.45, 7) is 15.0. The molecule has 0 spiro atoms. The minimum Gasteiger partial charge on any atom is -0.444 e. The molecule has 3 fully saturated rings. The number of likely N-dealkylation sites (tertiary alicyclic amines) is 1. The van der Waals surface area contributed by atoms with Crippen LogP contribution in [0.15, 0.2) is 30.3 Å². The zero-order chi connectivity index (χ0) is 34.9. The van der Waals surface area contributed by atoms with Crippen molar-refractivity contribution in [3.8, 4) is 0 Å². The van der Waals surface area contributed by atoms with Crippen molar-refractivity contribution in [2.45, 2.75) is 105 Å². The number of benzene rings is 1. The first-order chi connectivity index (χ1) is 21.8. The second-order valence-corrected chi connectivity index (χ2v) is 15.9. The standard InChI is InChI=1S/C35H51N5O7/c1-33(2,3)28(39-32(46)47-34(4,5)6)31(45)40-19-22-25(35(22,7)8)26(40)29(43)38-23(16-20-14-15-20)27(42)30(44)37-18-24(41)36-17-21-12-10-9-11-13-21/h9-13,20,22-23,25-26,28H,14-19H2,1-8H3,(H,36,41)(H,37,44)(H,38,43)(H,39,46)/t22?,23?,25-,26-,28+/m0/s1. The molecule has 0 aromatic heterocycles. The Morgan fingerprint density at radius 3 is 2.15 bits per heavy atom. The number of carbonyl (C=O) groups excluding carboxylic acids is 6. The minimum absolute atomic E-state index is 0.0691. The Bertz CT molecular complexity index is 1380. The van der Waals surface area contributed by atoms with E-state index in [4.69, 9.17) is 4.74 Å². The molecule has 12 heteroatoms. The normalized spacial score (nSPS) is 22.6. The molecule has 1 aliphatic heterocycles. The summed E-state index contributed by atoms with van der Waals surface area (Å²) >= 11 is 0. The molecule has 4 rings (SSSR count). The maximum Gasteiger partial charge on any atom is 0.408 e. The molecular formula is C35H51N5O7. The van der Waals surface area contributed by atoms with Crippen molar-refractivity contribution >= 4 is 35.5 Å². The van der Waals surface area contributed by atoms with Gasteiger partial charge < -0.3 is 30.9 Å². The first kappa shape index (κ1) is 35.9. The third-order valence-corrected chi connectivity index (χ3v) is 9.40. The molecule has 0 radical (unpaired) electrons. The number of nitrogens with one attached hydrogen (secondary N) is 4. The number of hydrogen-bond acceptors (Lipinski definition) is 7. The topological polar surface area (TPSA) is 163 Å². The summed E-state index contributed by atoms with van der Waals surface area (Å²) in [5, 5.41) is 10.6. The lowest BCUT2D eigenvalue weighted by Crippen LogP contribution is -2.61. The second kappa shape index (κ2) is 13.6. The fourth-order valence-electron chi connectivity index (χ4n) is 6.49. The molecule has 1 saturated heterocycles. The summed E-state index contributed by atoms with van der Waals surface area (Å²) in [7, 11) is 0. The van der Waals surface area contributed by atoms with E-state index in [0.29, 0.717) is 13.0 Å². The van der Waals surface area contributed by atoms with Gasteiger partial charge in [-0.15, -0.1) is 0 Å². The number of ketones is 1. The number of alkyl carbamates (subject to hydrolysis) is 1. The summed E-state index contributed by atoms with van der Waals surface area (Å²) in [5.74, 6) is -3.03. The number of amides is 5. The van der Waals surface area contributed by atoms with Crippen LogP contribution in [0.2, 0.25) is 0 Å². The molecule has 0 bridgehead atoms. The van der Waals surface area contributed by atoms with Crippen LogP contribution in [0.5, 0.6) is 0 Å². The van der Waals surface area contributed by atoms with E-state index >= 15 is 0 Å². The molecular weight excluding hydrogens is 602 g/mol. The number of fused-ring (bicyclic) bond motifs is 1.